The topological polar surface area (TPSA) is 47.3 Å². The molecule has 3 nitrogen and oxygen atoms in total. The summed E-state index contributed by atoms with van der Waals surface area (Å²) in [5.41, 5.74) is 7.72. The number of benzene rings is 1. The van der Waals surface area contributed by atoms with E-state index >= 15 is 0 Å². The molecule has 0 atom stereocenters. The second kappa shape index (κ2) is 5.03. The number of nitrogens with two attached hydrogens (primary N) is 1. The van der Waals surface area contributed by atoms with Gasteiger partial charge in [-0.25, -0.2) is 0 Å². The normalized spacial score (nSPS) is 17.6. The van der Waals surface area contributed by atoms with Crippen LogP contribution in [0.5, 0.6) is 0 Å². The van der Waals surface area contributed by atoms with E-state index in [0.29, 0.717) is 0 Å². The fourth-order valence-corrected chi connectivity index (χ4v) is 1.86. The van der Waals surface area contributed by atoms with Gasteiger partial charge in [0.05, 0.1) is 11.4 Å². The van der Waals surface area contributed by atoms with Crippen LogP contribution in [0.2, 0.25) is 0 Å². The molecular formula is C12H18N2O. The Kier molecular flexibility index (Phi) is 3.45. The standard InChI is InChI=1S/C12H18N2O/c13-11-3-1-2-4-12(11)14-9-10-5-7-15-8-6-10/h1-4,10,14H,5-9,13H2. The van der Waals surface area contributed by atoms with Gasteiger partial charge in [0.1, 0.15) is 0 Å². The molecule has 0 bridgehead atoms. The lowest BCUT2D eigenvalue weighted by Gasteiger charge is -2.23. The summed E-state index contributed by atoms with van der Waals surface area (Å²) in [5, 5.41) is 3.40. The summed E-state index contributed by atoms with van der Waals surface area (Å²) < 4.78 is 5.32. The van der Waals surface area contributed by atoms with Crippen LogP contribution in [0.1, 0.15) is 12.8 Å². The van der Waals surface area contributed by atoms with Crippen molar-refractivity contribution in [1.82, 2.24) is 0 Å². The molecule has 3 N–H and O–H groups in total. The molecule has 1 aromatic rings. The highest BCUT2D eigenvalue weighted by Gasteiger charge is 2.13. The first-order valence-corrected chi connectivity index (χ1v) is 5.52. The van der Waals surface area contributed by atoms with Crippen molar-refractivity contribution in [3.05, 3.63) is 24.3 Å². The maximum Gasteiger partial charge on any atom is 0.0573 e. The Hall–Kier alpha value is -1.22. The van der Waals surface area contributed by atoms with Gasteiger partial charge in [-0.05, 0) is 30.9 Å². The number of anilines is 2. The summed E-state index contributed by atoms with van der Waals surface area (Å²) in [5.74, 6) is 0.721. The third kappa shape index (κ3) is 2.86. The summed E-state index contributed by atoms with van der Waals surface area (Å²) in [6.07, 6.45) is 2.31. The Balaban J connectivity index is 1.84. The van der Waals surface area contributed by atoms with Gasteiger partial charge in [0.15, 0.2) is 0 Å². The average molecular weight is 206 g/mol. The highest BCUT2D eigenvalue weighted by molar-refractivity contribution is 5.65. The van der Waals surface area contributed by atoms with Gasteiger partial charge < -0.3 is 15.8 Å². The summed E-state index contributed by atoms with van der Waals surface area (Å²) in [6.45, 7) is 2.80. The Morgan fingerprint density at radius 1 is 1.27 bits per heavy atom. The van der Waals surface area contributed by atoms with E-state index in [2.05, 4.69) is 5.32 Å². The number of ether oxygens (including phenoxy) is 1. The van der Waals surface area contributed by atoms with Gasteiger partial charge in [-0.1, -0.05) is 12.1 Å². The second-order valence-corrected chi connectivity index (χ2v) is 4.02. The third-order valence-corrected chi connectivity index (χ3v) is 2.88. The molecule has 3 heteroatoms. The fraction of sp³-hybridized carbons (Fsp3) is 0.500. The van der Waals surface area contributed by atoms with Crippen molar-refractivity contribution in [3.63, 3.8) is 0 Å². The van der Waals surface area contributed by atoms with Gasteiger partial charge in [0, 0.05) is 19.8 Å². The molecule has 0 saturated carbocycles. The summed E-state index contributed by atoms with van der Waals surface area (Å²) in [7, 11) is 0. The Bertz CT molecular complexity index is 308. The lowest BCUT2D eigenvalue weighted by Crippen LogP contribution is -2.22. The van der Waals surface area contributed by atoms with Gasteiger partial charge in [0.25, 0.3) is 0 Å². The zero-order chi connectivity index (χ0) is 10.5. The quantitative estimate of drug-likeness (QED) is 0.745. The molecule has 2 rings (SSSR count). The zero-order valence-electron chi connectivity index (χ0n) is 8.91. The Morgan fingerprint density at radius 3 is 2.73 bits per heavy atom. The van der Waals surface area contributed by atoms with Crippen LogP contribution < -0.4 is 11.1 Å². The van der Waals surface area contributed by atoms with E-state index in [1.54, 1.807) is 0 Å². The second-order valence-electron chi connectivity index (χ2n) is 4.02. The molecule has 1 aliphatic rings. The van der Waals surface area contributed by atoms with Crippen LogP contribution in [0, 0.1) is 5.92 Å². The molecule has 1 aromatic carbocycles. The first-order chi connectivity index (χ1) is 7.36. The Morgan fingerprint density at radius 2 is 2.00 bits per heavy atom. The molecule has 0 amide bonds. The van der Waals surface area contributed by atoms with Crippen LogP contribution >= 0.6 is 0 Å². The molecule has 0 radical (unpaired) electrons. The molecule has 0 spiro atoms. The molecule has 0 aliphatic carbocycles. The lowest BCUT2D eigenvalue weighted by molar-refractivity contribution is 0.0699. The van der Waals surface area contributed by atoms with Gasteiger partial charge in [-0.15, -0.1) is 0 Å². The maximum absolute atomic E-state index is 5.85. The summed E-state index contributed by atoms with van der Waals surface area (Å²) in [6, 6.07) is 7.90. The van der Waals surface area contributed by atoms with Gasteiger partial charge >= 0.3 is 0 Å². The van der Waals surface area contributed by atoms with Crippen LogP contribution in [-0.2, 0) is 4.74 Å². The molecule has 0 aromatic heterocycles. The molecule has 82 valence electrons. The van der Waals surface area contributed by atoms with E-state index in [0.717, 1.165) is 49.9 Å². The Labute approximate surface area is 90.6 Å². The highest BCUT2D eigenvalue weighted by atomic mass is 16.5. The lowest BCUT2D eigenvalue weighted by atomic mass is 10.0. The van der Waals surface area contributed by atoms with Gasteiger partial charge in [-0.3, -0.25) is 0 Å². The van der Waals surface area contributed by atoms with Crippen molar-refractivity contribution < 1.29 is 4.74 Å². The van der Waals surface area contributed by atoms with Crippen LogP contribution in [0.3, 0.4) is 0 Å². The highest BCUT2D eigenvalue weighted by Crippen LogP contribution is 2.20. The number of nitrogens with one attached hydrogen (secondary N) is 1. The monoisotopic (exact) mass is 206 g/mol. The predicted molar refractivity (Wildman–Crippen MR) is 62.9 cm³/mol. The van der Waals surface area contributed by atoms with Crippen molar-refractivity contribution in [2.75, 3.05) is 30.8 Å². The van der Waals surface area contributed by atoms with E-state index in [1.807, 2.05) is 24.3 Å². The first-order valence-electron chi connectivity index (χ1n) is 5.52. The molecular weight excluding hydrogens is 188 g/mol. The minimum atomic E-state index is 0.721. The predicted octanol–water partition coefficient (Wildman–Crippen LogP) is 2.11. The molecule has 1 heterocycles. The molecule has 1 fully saturated rings. The SMILES string of the molecule is Nc1ccccc1NCC1CCOCC1. The molecule has 0 unspecified atom stereocenters. The molecule has 15 heavy (non-hydrogen) atoms. The van der Waals surface area contributed by atoms with Crippen LogP contribution in [0.15, 0.2) is 24.3 Å². The minimum absolute atomic E-state index is 0.721. The van der Waals surface area contributed by atoms with Crippen LogP contribution in [0.25, 0.3) is 0 Å². The number of para-hydroxylation sites is 2. The van der Waals surface area contributed by atoms with Crippen molar-refractivity contribution >= 4 is 11.4 Å². The average Bonchev–Trinajstić information content (AvgIpc) is 2.29. The number of hydrogen-bond acceptors (Lipinski definition) is 3. The molecule has 1 saturated heterocycles. The van der Waals surface area contributed by atoms with Gasteiger partial charge in [-0.2, -0.15) is 0 Å². The maximum atomic E-state index is 5.85. The van der Waals surface area contributed by atoms with E-state index in [9.17, 15) is 0 Å². The van der Waals surface area contributed by atoms with Crippen molar-refractivity contribution in [3.8, 4) is 0 Å². The van der Waals surface area contributed by atoms with Gasteiger partial charge in [0.2, 0.25) is 0 Å². The zero-order valence-corrected chi connectivity index (χ0v) is 8.91. The number of nitrogen functional groups attached to an aromatic ring is 1. The van der Waals surface area contributed by atoms with E-state index in [-0.39, 0.29) is 0 Å². The first kappa shape index (κ1) is 10.3. The van der Waals surface area contributed by atoms with Crippen molar-refractivity contribution in [1.29, 1.82) is 0 Å². The van der Waals surface area contributed by atoms with Crippen LogP contribution in [0.4, 0.5) is 11.4 Å². The number of hydrogen-bond donors (Lipinski definition) is 2. The number of rotatable bonds is 3. The van der Waals surface area contributed by atoms with E-state index in [1.165, 1.54) is 0 Å². The summed E-state index contributed by atoms with van der Waals surface area (Å²) in [4.78, 5) is 0. The molecule has 1 aliphatic heterocycles. The van der Waals surface area contributed by atoms with E-state index in [4.69, 9.17) is 10.5 Å². The van der Waals surface area contributed by atoms with Crippen molar-refractivity contribution in [2.45, 2.75) is 12.8 Å². The van der Waals surface area contributed by atoms with Crippen molar-refractivity contribution in [2.24, 2.45) is 5.92 Å². The smallest absolute Gasteiger partial charge is 0.0573 e. The van der Waals surface area contributed by atoms with Crippen LogP contribution in [-0.4, -0.2) is 19.8 Å². The fourth-order valence-electron chi connectivity index (χ4n) is 1.86. The third-order valence-electron chi connectivity index (χ3n) is 2.88. The largest absolute Gasteiger partial charge is 0.397 e. The van der Waals surface area contributed by atoms with E-state index < -0.39 is 0 Å². The summed E-state index contributed by atoms with van der Waals surface area (Å²) >= 11 is 0. The minimum Gasteiger partial charge on any atom is -0.397 e.